The Hall–Kier alpha value is -1.10. The van der Waals surface area contributed by atoms with Gasteiger partial charge >= 0.3 is 0 Å². The number of piperidine rings is 1. The van der Waals surface area contributed by atoms with Crippen LogP contribution < -0.4 is 4.74 Å². The molecular weight excluding hydrogens is 264 g/mol. The molecule has 0 spiro atoms. The van der Waals surface area contributed by atoms with Crippen LogP contribution in [0.15, 0.2) is 18.2 Å². The van der Waals surface area contributed by atoms with E-state index in [2.05, 4.69) is 30.0 Å². The minimum atomic E-state index is -0.383. The van der Waals surface area contributed by atoms with Crippen molar-refractivity contribution in [2.24, 2.45) is 0 Å². The third kappa shape index (κ3) is 2.80. The molecule has 0 amide bonds. The van der Waals surface area contributed by atoms with E-state index in [1.54, 1.807) is 7.11 Å². The number of benzene rings is 1. The average molecular weight is 290 g/mol. The number of aliphatic hydroxyl groups is 1. The SMILES string of the molecule is COc1ccc2c(c1)C(O)C(N1CCC(N(C)C)CC1)C2. The number of methoxy groups -OCH3 is 1. The molecule has 1 aromatic carbocycles. The molecular formula is C17H26N2O2. The summed E-state index contributed by atoms with van der Waals surface area (Å²) in [4.78, 5) is 4.79. The van der Waals surface area contributed by atoms with Gasteiger partial charge in [-0.1, -0.05) is 6.07 Å². The van der Waals surface area contributed by atoms with Crippen LogP contribution in [0.1, 0.15) is 30.1 Å². The molecule has 1 heterocycles. The van der Waals surface area contributed by atoms with Gasteiger partial charge in [-0.15, -0.1) is 0 Å². The molecule has 1 N–H and O–H groups in total. The fraction of sp³-hybridized carbons (Fsp3) is 0.647. The van der Waals surface area contributed by atoms with E-state index in [1.807, 2.05) is 12.1 Å². The van der Waals surface area contributed by atoms with Crippen molar-refractivity contribution in [3.8, 4) is 5.75 Å². The first kappa shape index (κ1) is 14.8. The lowest BCUT2D eigenvalue weighted by molar-refractivity contribution is 0.0335. The predicted molar refractivity (Wildman–Crippen MR) is 83.7 cm³/mol. The third-order valence-electron chi connectivity index (χ3n) is 5.16. The van der Waals surface area contributed by atoms with Crippen molar-refractivity contribution < 1.29 is 9.84 Å². The van der Waals surface area contributed by atoms with E-state index in [1.165, 1.54) is 18.4 Å². The minimum Gasteiger partial charge on any atom is -0.497 e. The zero-order valence-electron chi connectivity index (χ0n) is 13.2. The van der Waals surface area contributed by atoms with Crippen molar-refractivity contribution >= 4 is 0 Å². The monoisotopic (exact) mass is 290 g/mol. The van der Waals surface area contributed by atoms with Crippen LogP contribution in [0, 0.1) is 0 Å². The second kappa shape index (κ2) is 5.95. The molecule has 0 bridgehead atoms. The highest BCUT2D eigenvalue weighted by molar-refractivity contribution is 5.41. The van der Waals surface area contributed by atoms with E-state index in [4.69, 9.17) is 4.74 Å². The van der Waals surface area contributed by atoms with E-state index in [0.717, 1.165) is 30.8 Å². The molecule has 1 fully saturated rings. The Labute approximate surface area is 127 Å². The molecule has 116 valence electrons. The lowest BCUT2D eigenvalue weighted by Crippen LogP contribution is -2.47. The van der Waals surface area contributed by atoms with E-state index >= 15 is 0 Å². The number of rotatable bonds is 3. The second-order valence-corrected chi connectivity index (χ2v) is 6.51. The van der Waals surface area contributed by atoms with E-state index in [-0.39, 0.29) is 12.1 Å². The van der Waals surface area contributed by atoms with Gasteiger partial charge in [0, 0.05) is 25.2 Å². The molecule has 2 unspecified atom stereocenters. The number of ether oxygens (including phenoxy) is 1. The summed E-state index contributed by atoms with van der Waals surface area (Å²) in [5, 5.41) is 10.7. The van der Waals surface area contributed by atoms with Gasteiger partial charge in [0.15, 0.2) is 0 Å². The number of aliphatic hydroxyl groups excluding tert-OH is 1. The molecule has 1 aliphatic heterocycles. The van der Waals surface area contributed by atoms with Gasteiger partial charge in [0.1, 0.15) is 5.75 Å². The minimum absolute atomic E-state index is 0.232. The smallest absolute Gasteiger partial charge is 0.119 e. The van der Waals surface area contributed by atoms with Gasteiger partial charge in [-0.3, -0.25) is 4.90 Å². The Morgan fingerprint density at radius 3 is 2.57 bits per heavy atom. The number of nitrogens with zero attached hydrogens (tertiary/aromatic N) is 2. The van der Waals surface area contributed by atoms with Crippen molar-refractivity contribution in [1.82, 2.24) is 9.80 Å². The van der Waals surface area contributed by atoms with Crippen molar-refractivity contribution in [2.45, 2.75) is 37.5 Å². The van der Waals surface area contributed by atoms with Crippen molar-refractivity contribution in [3.63, 3.8) is 0 Å². The summed E-state index contributed by atoms with van der Waals surface area (Å²) < 4.78 is 5.28. The highest BCUT2D eigenvalue weighted by Crippen LogP contribution is 2.37. The number of hydrogen-bond acceptors (Lipinski definition) is 4. The Morgan fingerprint density at radius 2 is 1.95 bits per heavy atom. The zero-order chi connectivity index (χ0) is 15.0. The molecule has 4 heteroatoms. The summed E-state index contributed by atoms with van der Waals surface area (Å²) in [7, 11) is 5.99. The van der Waals surface area contributed by atoms with Gasteiger partial charge in [-0.05, 0) is 56.6 Å². The van der Waals surface area contributed by atoms with E-state index < -0.39 is 0 Å². The van der Waals surface area contributed by atoms with Crippen LogP contribution in [0.25, 0.3) is 0 Å². The predicted octanol–water partition coefficient (Wildman–Crippen LogP) is 1.68. The quantitative estimate of drug-likeness (QED) is 0.919. The third-order valence-corrected chi connectivity index (χ3v) is 5.16. The molecule has 0 radical (unpaired) electrons. The Morgan fingerprint density at radius 1 is 1.24 bits per heavy atom. The molecule has 0 aromatic heterocycles. The first-order valence-electron chi connectivity index (χ1n) is 7.85. The van der Waals surface area contributed by atoms with Crippen LogP contribution in [0.5, 0.6) is 5.75 Å². The van der Waals surface area contributed by atoms with Gasteiger partial charge in [0.2, 0.25) is 0 Å². The van der Waals surface area contributed by atoms with Gasteiger partial charge in [0.05, 0.1) is 13.2 Å². The molecule has 3 rings (SSSR count). The topological polar surface area (TPSA) is 35.9 Å². The van der Waals surface area contributed by atoms with Gasteiger partial charge in [-0.25, -0.2) is 0 Å². The average Bonchev–Trinajstić information content (AvgIpc) is 2.84. The maximum absolute atomic E-state index is 10.7. The van der Waals surface area contributed by atoms with E-state index in [0.29, 0.717) is 6.04 Å². The highest BCUT2D eigenvalue weighted by Gasteiger charge is 2.37. The van der Waals surface area contributed by atoms with Gasteiger partial charge in [-0.2, -0.15) is 0 Å². The summed E-state index contributed by atoms with van der Waals surface area (Å²) in [6.45, 7) is 2.16. The van der Waals surface area contributed by atoms with Crippen molar-refractivity contribution in [3.05, 3.63) is 29.3 Å². The summed E-state index contributed by atoms with van der Waals surface area (Å²) >= 11 is 0. The van der Waals surface area contributed by atoms with Crippen LogP contribution in [0.2, 0.25) is 0 Å². The van der Waals surface area contributed by atoms with E-state index in [9.17, 15) is 5.11 Å². The number of likely N-dealkylation sites (tertiary alicyclic amines) is 1. The Kier molecular flexibility index (Phi) is 4.20. The summed E-state index contributed by atoms with van der Waals surface area (Å²) in [6.07, 6.45) is 2.95. The first-order chi connectivity index (χ1) is 10.1. The van der Waals surface area contributed by atoms with Crippen LogP contribution >= 0.6 is 0 Å². The fourth-order valence-corrected chi connectivity index (χ4v) is 3.77. The largest absolute Gasteiger partial charge is 0.497 e. The van der Waals surface area contributed by atoms with Crippen molar-refractivity contribution in [2.75, 3.05) is 34.3 Å². The molecule has 4 nitrogen and oxygen atoms in total. The summed E-state index contributed by atoms with van der Waals surface area (Å²) in [5.41, 5.74) is 2.32. The highest BCUT2D eigenvalue weighted by atomic mass is 16.5. The van der Waals surface area contributed by atoms with Crippen LogP contribution in [-0.2, 0) is 6.42 Å². The van der Waals surface area contributed by atoms with Crippen LogP contribution in [0.3, 0.4) is 0 Å². The fourth-order valence-electron chi connectivity index (χ4n) is 3.77. The Bertz CT molecular complexity index is 496. The molecule has 1 saturated heterocycles. The summed E-state index contributed by atoms with van der Waals surface area (Å²) in [5.74, 6) is 0.833. The summed E-state index contributed by atoms with van der Waals surface area (Å²) in [6, 6.07) is 7.00. The normalized spacial score (nSPS) is 27.1. The number of fused-ring (bicyclic) bond motifs is 1. The number of hydrogen-bond donors (Lipinski definition) is 1. The molecule has 2 aliphatic rings. The standard InChI is InChI=1S/C17H26N2O2/c1-18(2)13-6-8-19(9-7-13)16-10-12-4-5-14(21-3)11-15(12)17(16)20/h4-5,11,13,16-17,20H,6-10H2,1-3H3. The molecule has 1 aromatic rings. The zero-order valence-corrected chi connectivity index (χ0v) is 13.2. The molecule has 21 heavy (non-hydrogen) atoms. The molecule has 1 aliphatic carbocycles. The van der Waals surface area contributed by atoms with Gasteiger partial charge in [0.25, 0.3) is 0 Å². The van der Waals surface area contributed by atoms with Gasteiger partial charge < -0.3 is 14.7 Å². The van der Waals surface area contributed by atoms with Crippen LogP contribution in [0.4, 0.5) is 0 Å². The Balaban J connectivity index is 1.69. The van der Waals surface area contributed by atoms with Crippen LogP contribution in [-0.4, -0.2) is 61.3 Å². The lowest BCUT2D eigenvalue weighted by Gasteiger charge is -2.39. The second-order valence-electron chi connectivity index (χ2n) is 6.51. The lowest BCUT2D eigenvalue weighted by atomic mass is 10.0. The molecule has 0 saturated carbocycles. The van der Waals surface area contributed by atoms with Crippen molar-refractivity contribution in [1.29, 1.82) is 0 Å². The molecule has 2 atom stereocenters. The maximum Gasteiger partial charge on any atom is 0.119 e. The maximum atomic E-state index is 10.7. The first-order valence-corrected chi connectivity index (χ1v) is 7.85.